The predicted octanol–water partition coefficient (Wildman–Crippen LogP) is 4.26. The predicted molar refractivity (Wildman–Crippen MR) is 102 cm³/mol. The minimum Gasteiger partial charge on any atom is -0.459 e. The van der Waals surface area contributed by atoms with E-state index in [0.29, 0.717) is 27.2 Å². The van der Waals surface area contributed by atoms with E-state index in [9.17, 15) is 14.0 Å². The van der Waals surface area contributed by atoms with Crippen molar-refractivity contribution in [2.75, 3.05) is 5.32 Å². The van der Waals surface area contributed by atoms with Gasteiger partial charge in [0, 0.05) is 11.1 Å². The Hall–Kier alpha value is -2.87. The molecule has 0 aliphatic carbocycles. The first-order valence-corrected chi connectivity index (χ1v) is 9.13. The highest BCUT2D eigenvalue weighted by Crippen LogP contribution is 2.26. The molecule has 0 spiro atoms. The Morgan fingerprint density at radius 3 is 2.63 bits per heavy atom. The summed E-state index contributed by atoms with van der Waals surface area (Å²) in [5.41, 5.74) is 1.92. The number of halogens is 1. The van der Waals surface area contributed by atoms with E-state index >= 15 is 0 Å². The van der Waals surface area contributed by atoms with Crippen LogP contribution in [0.1, 0.15) is 45.3 Å². The number of hydrogen-bond acceptors (Lipinski definition) is 6. The fraction of sp³-hybridized carbons (Fsp3) is 0.263. The molecule has 0 aliphatic heterocycles. The molecule has 140 valence electrons. The van der Waals surface area contributed by atoms with Gasteiger partial charge in [-0.15, -0.1) is 0 Å². The number of ether oxygens (including phenoxy) is 1. The molecular weight excluding hydrogens is 369 g/mol. The van der Waals surface area contributed by atoms with Gasteiger partial charge >= 0.3 is 5.97 Å². The summed E-state index contributed by atoms with van der Waals surface area (Å²) >= 11 is 1.04. The average molecular weight is 387 g/mol. The fourth-order valence-corrected chi connectivity index (χ4v) is 3.43. The van der Waals surface area contributed by atoms with Gasteiger partial charge in [0.1, 0.15) is 10.7 Å². The smallest absolute Gasteiger partial charge is 0.350 e. The van der Waals surface area contributed by atoms with Crippen LogP contribution in [0.5, 0.6) is 0 Å². The summed E-state index contributed by atoms with van der Waals surface area (Å²) in [6, 6.07) is 5.69. The topological polar surface area (TPSA) is 81.2 Å². The monoisotopic (exact) mass is 387 g/mol. The van der Waals surface area contributed by atoms with Crippen molar-refractivity contribution in [1.29, 1.82) is 0 Å². The highest BCUT2D eigenvalue weighted by molar-refractivity contribution is 7.17. The maximum Gasteiger partial charge on any atom is 0.350 e. The molecule has 1 aromatic carbocycles. The number of rotatable bonds is 4. The molecule has 0 saturated carbocycles. The van der Waals surface area contributed by atoms with Crippen molar-refractivity contribution in [2.45, 2.75) is 33.8 Å². The van der Waals surface area contributed by atoms with Crippen molar-refractivity contribution in [3.05, 3.63) is 51.9 Å². The van der Waals surface area contributed by atoms with Gasteiger partial charge in [-0.3, -0.25) is 15.1 Å². The Labute approximate surface area is 159 Å². The number of carbonyl (C=O) groups is 2. The van der Waals surface area contributed by atoms with Crippen LogP contribution in [-0.2, 0) is 4.74 Å². The molecular formula is C19H18FN3O3S. The number of fused-ring (bicyclic) bond motifs is 1. The molecule has 0 aliphatic rings. The zero-order valence-electron chi connectivity index (χ0n) is 15.3. The first-order valence-electron chi connectivity index (χ1n) is 8.31. The molecule has 0 atom stereocenters. The van der Waals surface area contributed by atoms with E-state index in [1.807, 2.05) is 0 Å². The minimum atomic E-state index is -0.479. The van der Waals surface area contributed by atoms with Gasteiger partial charge in [0.15, 0.2) is 5.13 Å². The molecule has 3 aromatic rings. The number of aromatic nitrogens is 2. The van der Waals surface area contributed by atoms with Gasteiger partial charge in [-0.1, -0.05) is 11.3 Å². The molecule has 0 radical (unpaired) electrons. The number of nitrogens with one attached hydrogen (secondary N) is 1. The summed E-state index contributed by atoms with van der Waals surface area (Å²) in [5, 5.41) is 3.36. The summed E-state index contributed by atoms with van der Waals surface area (Å²) in [4.78, 5) is 33.7. The maximum atomic E-state index is 13.6. The van der Waals surface area contributed by atoms with Crippen molar-refractivity contribution in [3.63, 3.8) is 0 Å². The summed E-state index contributed by atoms with van der Waals surface area (Å²) in [6.07, 6.45) is -0.252. The Kier molecular flexibility index (Phi) is 5.18. The second-order valence-corrected chi connectivity index (χ2v) is 7.31. The number of amides is 1. The Morgan fingerprint density at radius 2 is 1.93 bits per heavy atom. The average Bonchev–Trinajstić information content (AvgIpc) is 2.94. The van der Waals surface area contributed by atoms with Crippen LogP contribution >= 0.6 is 11.3 Å². The fourth-order valence-electron chi connectivity index (χ4n) is 2.59. The van der Waals surface area contributed by atoms with Crippen molar-refractivity contribution < 1.29 is 18.7 Å². The molecule has 27 heavy (non-hydrogen) atoms. The van der Waals surface area contributed by atoms with Gasteiger partial charge in [-0.25, -0.2) is 14.2 Å². The van der Waals surface area contributed by atoms with Gasteiger partial charge in [0.25, 0.3) is 5.91 Å². The molecule has 0 fully saturated rings. The lowest BCUT2D eigenvalue weighted by molar-refractivity contribution is 0.0382. The number of aryl methyl sites for hydroxylation is 2. The Morgan fingerprint density at radius 1 is 1.19 bits per heavy atom. The van der Waals surface area contributed by atoms with Crippen molar-refractivity contribution >= 4 is 39.2 Å². The van der Waals surface area contributed by atoms with Crippen LogP contribution < -0.4 is 5.32 Å². The van der Waals surface area contributed by atoms with E-state index in [1.165, 1.54) is 18.2 Å². The highest BCUT2D eigenvalue weighted by Gasteiger charge is 2.20. The van der Waals surface area contributed by atoms with Crippen LogP contribution in [-0.4, -0.2) is 27.9 Å². The first-order chi connectivity index (χ1) is 12.7. The van der Waals surface area contributed by atoms with E-state index in [1.54, 1.807) is 33.8 Å². The molecule has 0 unspecified atom stereocenters. The third-order valence-corrected chi connectivity index (χ3v) is 4.74. The molecule has 8 heteroatoms. The Balaban J connectivity index is 1.91. The van der Waals surface area contributed by atoms with Crippen LogP contribution in [0.25, 0.3) is 10.9 Å². The molecule has 1 N–H and O–H groups in total. The van der Waals surface area contributed by atoms with Crippen LogP contribution in [0.2, 0.25) is 0 Å². The van der Waals surface area contributed by atoms with Gasteiger partial charge in [0.05, 0.1) is 22.9 Å². The minimum absolute atomic E-state index is 0.252. The van der Waals surface area contributed by atoms with Crippen LogP contribution in [0.15, 0.2) is 24.3 Å². The van der Waals surface area contributed by atoms with E-state index in [-0.39, 0.29) is 16.8 Å². The van der Waals surface area contributed by atoms with E-state index in [4.69, 9.17) is 4.74 Å². The lowest BCUT2D eigenvalue weighted by atomic mass is 10.1. The van der Waals surface area contributed by atoms with Crippen molar-refractivity contribution in [1.82, 2.24) is 9.97 Å². The number of thiazole rings is 1. The second kappa shape index (κ2) is 7.40. The summed E-state index contributed by atoms with van der Waals surface area (Å²) in [6.45, 7) is 6.94. The number of benzene rings is 1. The van der Waals surface area contributed by atoms with Crippen LogP contribution in [0.4, 0.5) is 9.52 Å². The number of nitrogens with zero attached hydrogens (tertiary/aromatic N) is 2. The lowest BCUT2D eigenvalue weighted by Crippen LogP contribution is -2.13. The summed E-state index contributed by atoms with van der Waals surface area (Å²) in [7, 11) is 0. The quantitative estimate of drug-likeness (QED) is 0.677. The summed E-state index contributed by atoms with van der Waals surface area (Å²) < 4.78 is 18.8. The van der Waals surface area contributed by atoms with Crippen LogP contribution in [0, 0.1) is 19.7 Å². The number of hydrogen-bond donors (Lipinski definition) is 1. The molecule has 6 nitrogen and oxygen atoms in total. The first kappa shape index (κ1) is 18.9. The lowest BCUT2D eigenvalue weighted by Gasteiger charge is -2.07. The van der Waals surface area contributed by atoms with E-state index in [0.717, 1.165) is 11.3 Å². The number of esters is 1. The molecule has 2 aromatic heterocycles. The van der Waals surface area contributed by atoms with E-state index in [2.05, 4.69) is 15.3 Å². The molecule has 3 rings (SSSR count). The van der Waals surface area contributed by atoms with Gasteiger partial charge < -0.3 is 4.74 Å². The Bertz CT molecular complexity index is 1050. The zero-order valence-corrected chi connectivity index (χ0v) is 16.1. The molecule has 0 saturated heterocycles. The number of pyridine rings is 1. The second-order valence-electron chi connectivity index (χ2n) is 6.31. The normalized spacial score (nSPS) is 11.0. The van der Waals surface area contributed by atoms with Crippen molar-refractivity contribution in [2.24, 2.45) is 0 Å². The van der Waals surface area contributed by atoms with Gasteiger partial charge in [-0.2, -0.15) is 0 Å². The number of anilines is 1. The third kappa shape index (κ3) is 4.11. The standard InChI is InChI=1S/C19H18FN3O3S/c1-9(2)26-18(25)16-11(4)22-19(27-16)23-17(24)14-7-10(3)21-15-6-5-12(20)8-13(14)15/h5-9H,1-4H3,(H,22,23,24). The third-order valence-electron chi connectivity index (χ3n) is 3.69. The van der Waals surface area contributed by atoms with Gasteiger partial charge in [-0.05, 0) is 52.0 Å². The van der Waals surface area contributed by atoms with E-state index < -0.39 is 17.7 Å². The SMILES string of the molecule is Cc1cc(C(=O)Nc2nc(C)c(C(=O)OC(C)C)s2)c2cc(F)ccc2n1. The summed E-state index contributed by atoms with van der Waals surface area (Å²) in [5.74, 6) is -1.38. The molecule has 2 heterocycles. The number of carbonyl (C=O) groups excluding carboxylic acids is 2. The van der Waals surface area contributed by atoms with Crippen molar-refractivity contribution in [3.8, 4) is 0 Å². The largest absolute Gasteiger partial charge is 0.459 e. The van der Waals surface area contributed by atoms with Crippen LogP contribution in [0.3, 0.4) is 0 Å². The molecule has 1 amide bonds. The maximum absolute atomic E-state index is 13.6. The highest BCUT2D eigenvalue weighted by atomic mass is 32.1. The zero-order chi connectivity index (χ0) is 19.7. The van der Waals surface area contributed by atoms with Gasteiger partial charge in [0.2, 0.25) is 0 Å². The molecule has 0 bridgehead atoms.